The van der Waals surface area contributed by atoms with Crippen molar-refractivity contribution in [1.29, 1.82) is 0 Å². The monoisotopic (exact) mass is 344 g/mol. The van der Waals surface area contributed by atoms with E-state index in [1.807, 2.05) is 0 Å². The summed E-state index contributed by atoms with van der Waals surface area (Å²) in [4.78, 5) is 28.4. The molecule has 0 atom stereocenters. The molecule has 0 radical (unpaired) electrons. The molecule has 0 saturated carbocycles. The number of rotatable bonds is 4. The van der Waals surface area contributed by atoms with Gasteiger partial charge in [-0.15, -0.1) is 0 Å². The van der Waals surface area contributed by atoms with Crippen molar-refractivity contribution in [3.63, 3.8) is 0 Å². The van der Waals surface area contributed by atoms with Crippen LogP contribution in [0.2, 0.25) is 0 Å². The van der Waals surface area contributed by atoms with Gasteiger partial charge in [-0.1, -0.05) is 24.3 Å². The number of allylic oxidation sites excluding steroid dienone is 4. The summed E-state index contributed by atoms with van der Waals surface area (Å²) in [6, 6.07) is 0. The van der Waals surface area contributed by atoms with Crippen molar-refractivity contribution in [3.8, 4) is 0 Å². The van der Waals surface area contributed by atoms with Crippen LogP contribution in [0.5, 0.6) is 0 Å². The smallest absolute Gasteiger partial charge is 0.283 e. The molecular formula is C16H16N4O3S. The van der Waals surface area contributed by atoms with Crippen LogP contribution in [-0.2, 0) is 16.0 Å². The second kappa shape index (κ2) is 6.40. The Hall–Kier alpha value is -2.74. The summed E-state index contributed by atoms with van der Waals surface area (Å²) in [6.07, 6.45) is 7.88. The van der Waals surface area contributed by atoms with Gasteiger partial charge in [0, 0.05) is 6.42 Å². The molecule has 7 nitrogen and oxygen atoms in total. The van der Waals surface area contributed by atoms with Crippen molar-refractivity contribution in [2.24, 2.45) is 0 Å². The molecule has 2 heterocycles. The Morgan fingerprint density at radius 3 is 2.88 bits per heavy atom. The fourth-order valence-corrected chi connectivity index (χ4v) is 3.31. The molecule has 0 aromatic carbocycles. The number of carbonyl (C=O) groups is 1. The molecule has 0 aliphatic heterocycles. The van der Waals surface area contributed by atoms with Crippen LogP contribution in [0.25, 0.3) is 11.0 Å². The van der Waals surface area contributed by atoms with Gasteiger partial charge in [-0.2, -0.15) is 14.6 Å². The number of ketones is 1. The first-order valence-electron chi connectivity index (χ1n) is 7.41. The van der Waals surface area contributed by atoms with Crippen LogP contribution in [-0.4, -0.2) is 27.5 Å². The molecule has 0 fully saturated rings. The predicted molar refractivity (Wildman–Crippen MR) is 92.8 cm³/mol. The van der Waals surface area contributed by atoms with Crippen molar-refractivity contribution >= 4 is 34.0 Å². The average molecular weight is 344 g/mol. The van der Waals surface area contributed by atoms with E-state index in [0.717, 1.165) is 17.8 Å². The van der Waals surface area contributed by atoms with Crippen molar-refractivity contribution in [1.82, 2.24) is 14.6 Å². The predicted octanol–water partition coefficient (Wildman–Crippen LogP) is 1.74. The maximum Gasteiger partial charge on any atom is 0.283 e. The Labute approximate surface area is 141 Å². The van der Waals surface area contributed by atoms with E-state index in [4.69, 9.17) is 10.5 Å². The largest absolute Gasteiger partial charge is 0.493 e. The summed E-state index contributed by atoms with van der Waals surface area (Å²) < 4.78 is 6.50. The van der Waals surface area contributed by atoms with E-state index in [1.54, 1.807) is 18.2 Å². The molecule has 2 aromatic rings. The fraction of sp³-hybridized carbons (Fsp3) is 0.250. The lowest BCUT2D eigenvalue weighted by Gasteiger charge is -2.08. The number of nitrogens with zero attached hydrogens (tertiary/aromatic N) is 3. The minimum absolute atomic E-state index is 0.204. The van der Waals surface area contributed by atoms with Crippen LogP contribution in [0.4, 0.5) is 5.82 Å². The third kappa shape index (κ3) is 2.88. The minimum atomic E-state index is -0.427. The lowest BCUT2D eigenvalue weighted by Crippen LogP contribution is -2.17. The molecule has 3 rings (SSSR count). The molecule has 0 bridgehead atoms. The number of nitrogens with two attached hydrogens (primary N) is 1. The third-order valence-corrected chi connectivity index (χ3v) is 4.46. The van der Waals surface area contributed by atoms with E-state index in [1.165, 1.54) is 29.0 Å². The number of methoxy groups -OCH3 is 1. The van der Waals surface area contributed by atoms with Gasteiger partial charge in [0.15, 0.2) is 5.76 Å². The SMILES string of the molecule is CCCc1nn2c(N)c(C=C3C=CC(=O)C(OC)=C3)c(=O)nc2s1. The highest BCUT2D eigenvalue weighted by Crippen LogP contribution is 2.21. The topological polar surface area (TPSA) is 99.6 Å². The zero-order valence-corrected chi connectivity index (χ0v) is 14.1. The van der Waals surface area contributed by atoms with E-state index in [0.29, 0.717) is 10.5 Å². The molecule has 0 unspecified atom stereocenters. The van der Waals surface area contributed by atoms with Crippen LogP contribution < -0.4 is 11.3 Å². The summed E-state index contributed by atoms with van der Waals surface area (Å²) in [7, 11) is 1.42. The van der Waals surface area contributed by atoms with Gasteiger partial charge in [0.05, 0.1) is 12.7 Å². The number of carbonyl (C=O) groups excluding carboxylic acids is 1. The number of hydrogen-bond acceptors (Lipinski definition) is 7. The Morgan fingerprint density at radius 1 is 1.38 bits per heavy atom. The fourth-order valence-electron chi connectivity index (χ4n) is 2.31. The first kappa shape index (κ1) is 16.1. The second-order valence-corrected chi connectivity index (χ2v) is 6.25. The van der Waals surface area contributed by atoms with Crippen LogP contribution in [0.15, 0.2) is 34.4 Å². The first-order chi connectivity index (χ1) is 11.5. The zero-order valence-electron chi connectivity index (χ0n) is 13.3. The van der Waals surface area contributed by atoms with E-state index in [9.17, 15) is 9.59 Å². The number of anilines is 1. The summed E-state index contributed by atoms with van der Waals surface area (Å²) in [6.45, 7) is 2.05. The Balaban J connectivity index is 2.11. The molecule has 0 amide bonds. The van der Waals surface area contributed by atoms with Gasteiger partial charge in [0.25, 0.3) is 5.56 Å². The molecule has 2 aromatic heterocycles. The summed E-state index contributed by atoms with van der Waals surface area (Å²) >= 11 is 1.36. The maximum atomic E-state index is 12.3. The highest BCUT2D eigenvalue weighted by atomic mass is 32.1. The van der Waals surface area contributed by atoms with Gasteiger partial charge in [0.1, 0.15) is 10.8 Å². The number of aryl methyl sites for hydroxylation is 1. The standard InChI is InChI=1S/C16H16N4O3S/c1-3-4-13-19-20-14(17)10(15(22)18-16(20)24-13)7-9-5-6-11(21)12(8-9)23-2/h5-8H,3-4,17H2,1-2H3. The highest BCUT2D eigenvalue weighted by molar-refractivity contribution is 7.16. The normalized spacial score (nSPS) is 16.0. The average Bonchev–Trinajstić information content (AvgIpc) is 2.96. The van der Waals surface area contributed by atoms with Crippen LogP contribution in [0.3, 0.4) is 0 Å². The van der Waals surface area contributed by atoms with Crippen LogP contribution >= 0.6 is 11.3 Å². The van der Waals surface area contributed by atoms with Gasteiger partial charge in [-0.3, -0.25) is 9.59 Å². The summed E-state index contributed by atoms with van der Waals surface area (Å²) in [5.41, 5.74) is 6.56. The van der Waals surface area contributed by atoms with Crippen molar-refractivity contribution < 1.29 is 9.53 Å². The summed E-state index contributed by atoms with van der Waals surface area (Å²) in [5, 5.41) is 5.29. The van der Waals surface area contributed by atoms with Gasteiger partial charge in [0.2, 0.25) is 10.7 Å². The molecule has 124 valence electrons. The van der Waals surface area contributed by atoms with E-state index >= 15 is 0 Å². The zero-order chi connectivity index (χ0) is 17.3. The maximum absolute atomic E-state index is 12.3. The Morgan fingerprint density at radius 2 is 2.17 bits per heavy atom. The van der Waals surface area contributed by atoms with Crippen molar-refractivity contribution in [2.75, 3.05) is 12.8 Å². The molecule has 1 aliphatic rings. The quantitative estimate of drug-likeness (QED) is 0.907. The van der Waals surface area contributed by atoms with E-state index in [2.05, 4.69) is 17.0 Å². The summed E-state index contributed by atoms with van der Waals surface area (Å²) in [5.74, 6) is 0.209. The van der Waals surface area contributed by atoms with E-state index < -0.39 is 5.56 Å². The van der Waals surface area contributed by atoms with Gasteiger partial charge < -0.3 is 10.5 Å². The molecule has 1 aliphatic carbocycles. The molecular weight excluding hydrogens is 328 g/mol. The number of fused-ring (bicyclic) bond motifs is 1. The molecule has 0 saturated heterocycles. The number of hydrogen-bond donors (Lipinski definition) is 1. The third-order valence-electron chi connectivity index (χ3n) is 3.50. The molecule has 8 heteroatoms. The number of nitrogen functional groups attached to an aromatic ring is 1. The lowest BCUT2D eigenvalue weighted by atomic mass is 10.0. The second-order valence-electron chi connectivity index (χ2n) is 5.21. The minimum Gasteiger partial charge on any atom is -0.493 e. The van der Waals surface area contributed by atoms with Gasteiger partial charge in [-0.05, 0) is 30.2 Å². The Bertz CT molecular complexity index is 966. The first-order valence-corrected chi connectivity index (χ1v) is 8.23. The highest BCUT2D eigenvalue weighted by Gasteiger charge is 2.15. The van der Waals surface area contributed by atoms with Crippen LogP contribution in [0, 0.1) is 0 Å². The van der Waals surface area contributed by atoms with Crippen molar-refractivity contribution in [2.45, 2.75) is 19.8 Å². The van der Waals surface area contributed by atoms with E-state index in [-0.39, 0.29) is 22.9 Å². The van der Waals surface area contributed by atoms with Crippen molar-refractivity contribution in [3.05, 3.63) is 50.5 Å². The molecule has 24 heavy (non-hydrogen) atoms. The van der Waals surface area contributed by atoms with Gasteiger partial charge >= 0.3 is 0 Å². The van der Waals surface area contributed by atoms with Crippen LogP contribution in [0.1, 0.15) is 23.9 Å². The lowest BCUT2D eigenvalue weighted by molar-refractivity contribution is -0.114. The molecule has 0 spiro atoms. The number of aromatic nitrogens is 3. The van der Waals surface area contributed by atoms with Gasteiger partial charge in [-0.25, -0.2) is 0 Å². The Kier molecular flexibility index (Phi) is 4.30. The number of ether oxygens (including phenoxy) is 1. The molecule has 2 N–H and O–H groups in total.